The number of benzene rings is 1. The Kier molecular flexibility index (Phi) is 2.30. The molecule has 1 heterocycles. The Balaban J connectivity index is 2.49. The van der Waals surface area contributed by atoms with Gasteiger partial charge in [-0.15, -0.1) is 0 Å². The van der Waals surface area contributed by atoms with E-state index < -0.39 is 5.82 Å². The van der Waals surface area contributed by atoms with Crippen LogP contribution < -0.4 is 0 Å². The number of nitriles is 1. The summed E-state index contributed by atoms with van der Waals surface area (Å²) in [6, 6.07) is 8.36. The van der Waals surface area contributed by atoms with E-state index in [4.69, 9.17) is 5.26 Å². The molecule has 1 aromatic heterocycles. The number of nitrogens with zero attached hydrogens (tertiary/aromatic N) is 1. The molecule has 0 radical (unpaired) electrons. The molecule has 1 nitrogen and oxygen atoms in total. The Hall–Kier alpha value is -1.66. The maximum absolute atomic E-state index is 13.2. The summed E-state index contributed by atoms with van der Waals surface area (Å²) in [5.41, 5.74) is 1.88. The van der Waals surface area contributed by atoms with Crippen LogP contribution in [0.1, 0.15) is 5.56 Å². The van der Waals surface area contributed by atoms with Crippen LogP contribution in [-0.4, -0.2) is 0 Å². The number of rotatable bonds is 1. The Morgan fingerprint density at radius 2 is 2.07 bits per heavy atom. The lowest BCUT2D eigenvalue weighted by atomic mass is 10.1. The molecule has 0 amide bonds. The average molecular weight is 203 g/mol. The fraction of sp³-hybridized carbons (Fsp3) is 0. The zero-order valence-corrected chi connectivity index (χ0v) is 8.01. The van der Waals surface area contributed by atoms with Crippen molar-refractivity contribution in [3.63, 3.8) is 0 Å². The zero-order chi connectivity index (χ0) is 9.97. The van der Waals surface area contributed by atoms with Gasteiger partial charge in [0.1, 0.15) is 11.9 Å². The van der Waals surface area contributed by atoms with Crippen molar-refractivity contribution < 1.29 is 4.39 Å². The third kappa shape index (κ3) is 1.52. The first kappa shape index (κ1) is 8.92. The summed E-state index contributed by atoms with van der Waals surface area (Å²) >= 11 is 1.56. The van der Waals surface area contributed by atoms with Crippen molar-refractivity contribution in [2.24, 2.45) is 0 Å². The highest BCUT2D eigenvalue weighted by atomic mass is 32.1. The maximum Gasteiger partial charge on any atom is 0.141 e. The van der Waals surface area contributed by atoms with Gasteiger partial charge >= 0.3 is 0 Å². The van der Waals surface area contributed by atoms with Gasteiger partial charge in [0.05, 0.1) is 5.56 Å². The van der Waals surface area contributed by atoms with Crippen molar-refractivity contribution in [1.29, 1.82) is 5.26 Å². The van der Waals surface area contributed by atoms with Crippen LogP contribution in [0.5, 0.6) is 0 Å². The lowest BCUT2D eigenvalue weighted by Gasteiger charge is -1.98. The standard InChI is InChI=1S/C11H6FNS/c12-11-5-8(1-2-9(11)6-13)10-3-4-14-7-10/h1-5,7H. The van der Waals surface area contributed by atoms with Crippen LogP contribution in [0.25, 0.3) is 11.1 Å². The van der Waals surface area contributed by atoms with Gasteiger partial charge in [0.15, 0.2) is 0 Å². The van der Waals surface area contributed by atoms with Crippen molar-refractivity contribution in [3.05, 3.63) is 46.4 Å². The topological polar surface area (TPSA) is 23.8 Å². The Bertz CT molecular complexity index is 482. The molecule has 0 saturated carbocycles. The lowest BCUT2D eigenvalue weighted by molar-refractivity contribution is 0.624. The Labute approximate surface area is 85.1 Å². The summed E-state index contributed by atoms with van der Waals surface area (Å²) in [5.74, 6) is -0.462. The highest BCUT2D eigenvalue weighted by molar-refractivity contribution is 7.08. The van der Waals surface area contributed by atoms with E-state index in [0.29, 0.717) is 0 Å². The smallest absolute Gasteiger partial charge is 0.141 e. The van der Waals surface area contributed by atoms with E-state index in [1.165, 1.54) is 12.1 Å². The molecule has 0 N–H and O–H groups in total. The predicted molar refractivity (Wildman–Crippen MR) is 54.4 cm³/mol. The number of thiophene rings is 1. The van der Waals surface area contributed by atoms with Crippen molar-refractivity contribution in [1.82, 2.24) is 0 Å². The SMILES string of the molecule is N#Cc1ccc(-c2ccsc2)cc1F. The monoisotopic (exact) mass is 203 g/mol. The molecular weight excluding hydrogens is 197 g/mol. The van der Waals surface area contributed by atoms with Crippen molar-refractivity contribution in [2.45, 2.75) is 0 Å². The van der Waals surface area contributed by atoms with Gasteiger partial charge in [-0.1, -0.05) is 6.07 Å². The van der Waals surface area contributed by atoms with Crippen molar-refractivity contribution in [3.8, 4) is 17.2 Å². The maximum atomic E-state index is 13.2. The third-order valence-electron chi connectivity index (χ3n) is 1.94. The molecule has 0 spiro atoms. The number of halogens is 1. The molecule has 0 aliphatic carbocycles. The molecule has 3 heteroatoms. The molecule has 2 rings (SSSR count). The molecule has 0 unspecified atom stereocenters. The average Bonchev–Trinajstić information content (AvgIpc) is 2.70. The van der Waals surface area contributed by atoms with Crippen LogP contribution in [0, 0.1) is 17.1 Å². The molecule has 1 aromatic carbocycles. The number of hydrogen-bond acceptors (Lipinski definition) is 2. The molecule has 0 aliphatic rings. The van der Waals surface area contributed by atoms with Crippen LogP contribution in [0.3, 0.4) is 0 Å². The first-order valence-electron chi connectivity index (χ1n) is 4.03. The van der Waals surface area contributed by atoms with E-state index in [1.807, 2.05) is 16.8 Å². The second kappa shape index (κ2) is 3.60. The molecule has 68 valence electrons. The summed E-state index contributed by atoms with van der Waals surface area (Å²) in [6.07, 6.45) is 0. The molecule has 0 bridgehead atoms. The normalized spacial score (nSPS) is 9.71. The minimum atomic E-state index is -0.462. The molecule has 14 heavy (non-hydrogen) atoms. The number of hydrogen-bond donors (Lipinski definition) is 0. The van der Waals surface area contributed by atoms with E-state index in [2.05, 4.69) is 0 Å². The van der Waals surface area contributed by atoms with Crippen LogP contribution in [0.2, 0.25) is 0 Å². The second-order valence-corrected chi connectivity index (χ2v) is 3.60. The van der Waals surface area contributed by atoms with Crippen LogP contribution in [0.15, 0.2) is 35.0 Å². The van der Waals surface area contributed by atoms with Gasteiger partial charge in [-0.05, 0) is 40.1 Å². The fourth-order valence-electron chi connectivity index (χ4n) is 1.21. The Morgan fingerprint density at radius 1 is 1.21 bits per heavy atom. The third-order valence-corrected chi connectivity index (χ3v) is 2.63. The quantitative estimate of drug-likeness (QED) is 0.696. The minimum Gasteiger partial charge on any atom is -0.206 e. The lowest BCUT2D eigenvalue weighted by Crippen LogP contribution is -1.83. The van der Waals surface area contributed by atoms with Crippen LogP contribution in [0.4, 0.5) is 4.39 Å². The molecular formula is C11H6FNS. The van der Waals surface area contributed by atoms with Crippen LogP contribution >= 0.6 is 11.3 Å². The van der Waals surface area contributed by atoms with Gasteiger partial charge in [-0.3, -0.25) is 0 Å². The highest BCUT2D eigenvalue weighted by Crippen LogP contribution is 2.23. The zero-order valence-electron chi connectivity index (χ0n) is 7.20. The first-order valence-corrected chi connectivity index (χ1v) is 4.98. The van der Waals surface area contributed by atoms with E-state index in [1.54, 1.807) is 23.5 Å². The summed E-state index contributed by atoms with van der Waals surface area (Å²) in [4.78, 5) is 0. The van der Waals surface area contributed by atoms with Crippen LogP contribution in [-0.2, 0) is 0 Å². The largest absolute Gasteiger partial charge is 0.206 e. The van der Waals surface area contributed by atoms with Crippen molar-refractivity contribution >= 4 is 11.3 Å². The summed E-state index contributed by atoms with van der Waals surface area (Å²) in [7, 11) is 0. The summed E-state index contributed by atoms with van der Waals surface area (Å²) in [5, 5.41) is 12.4. The molecule has 0 atom stereocenters. The van der Waals surface area contributed by atoms with Crippen molar-refractivity contribution in [2.75, 3.05) is 0 Å². The summed E-state index contributed by atoms with van der Waals surface area (Å²) < 4.78 is 13.2. The van der Waals surface area contributed by atoms with E-state index in [9.17, 15) is 4.39 Å². The fourth-order valence-corrected chi connectivity index (χ4v) is 1.88. The molecule has 0 fully saturated rings. The molecule has 0 saturated heterocycles. The van der Waals surface area contributed by atoms with Gasteiger partial charge in [0.25, 0.3) is 0 Å². The highest BCUT2D eigenvalue weighted by Gasteiger charge is 2.04. The Morgan fingerprint density at radius 3 is 2.64 bits per heavy atom. The van der Waals surface area contributed by atoms with Gasteiger partial charge in [-0.25, -0.2) is 4.39 Å². The first-order chi connectivity index (χ1) is 6.81. The molecule has 0 aliphatic heterocycles. The van der Waals surface area contributed by atoms with E-state index in [-0.39, 0.29) is 5.56 Å². The predicted octanol–water partition coefficient (Wildman–Crippen LogP) is 3.43. The summed E-state index contributed by atoms with van der Waals surface area (Å²) in [6.45, 7) is 0. The van der Waals surface area contributed by atoms with E-state index >= 15 is 0 Å². The van der Waals surface area contributed by atoms with E-state index in [0.717, 1.165) is 11.1 Å². The second-order valence-electron chi connectivity index (χ2n) is 2.82. The minimum absolute atomic E-state index is 0.0870. The van der Waals surface area contributed by atoms with Gasteiger partial charge in [0.2, 0.25) is 0 Å². The molecule has 2 aromatic rings. The van der Waals surface area contributed by atoms with Gasteiger partial charge in [0, 0.05) is 0 Å². The van der Waals surface area contributed by atoms with Gasteiger partial charge < -0.3 is 0 Å². The van der Waals surface area contributed by atoms with Gasteiger partial charge in [-0.2, -0.15) is 16.6 Å².